The van der Waals surface area contributed by atoms with E-state index < -0.39 is 11.7 Å². The van der Waals surface area contributed by atoms with Crippen LogP contribution in [0.25, 0.3) is 0 Å². The third-order valence-electron chi connectivity index (χ3n) is 3.61. The third-order valence-corrected chi connectivity index (χ3v) is 3.61. The lowest BCUT2D eigenvalue weighted by atomic mass is 10.0. The van der Waals surface area contributed by atoms with Crippen molar-refractivity contribution in [2.45, 2.75) is 33.1 Å². The minimum Gasteiger partial charge on any atom is -0.488 e. The van der Waals surface area contributed by atoms with Crippen molar-refractivity contribution in [3.05, 3.63) is 58.7 Å². The second-order valence-corrected chi connectivity index (χ2v) is 5.26. The second-order valence-electron chi connectivity index (χ2n) is 5.26. The number of aryl methyl sites for hydroxylation is 2. The second kappa shape index (κ2) is 7.32. The number of isocyanates is 1. The van der Waals surface area contributed by atoms with E-state index in [0.29, 0.717) is 23.2 Å². The van der Waals surface area contributed by atoms with E-state index in [0.717, 1.165) is 11.6 Å². The first kappa shape index (κ1) is 17.8. The van der Waals surface area contributed by atoms with Crippen molar-refractivity contribution in [3.63, 3.8) is 0 Å². The maximum atomic E-state index is 13.1. The summed E-state index contributed by atoms with van der Waals surface area (Å²) in [6, 6.07) is 9.05. The lowest BCUT2D eigenvalue weighted by Gasteiger charge is -2.16. The monoisotopic (exact) mass is 335 g/mol. The van der Waals surface area contributed by atoms with Crippen LogP contribution in [0.1, 0.15) is 29.2 Å². The lowest BCUT2D eigenvalue weighted by molar-refractivity contribution is -0.139. The molecule has 0 spiro atoms. The molecule has 24 heavy (non-hydrogen) atoms. The van der Waals surface area contributed by atoms with Crippen molar-refractivity contribution in [1.29, 1.82) is 0 Å². The predicted molar refractivity (Wildman–Crippen MR) is 84.1 cm³/mol. The highest BCUT2D eigenvalue weighted by molar-refractivity contribution is 5.56. The molecule has 0 N–H and O–H groups in total. The zero-order valence-corrected chi connectivity index (χ0v) is 13.3. The van der Waals surface area contributed by atoms with Crippen LogP contribution in [0, 0.1) is 6.92 Å². The largest absolute Gasteiger partial charge is 0.488 e. The predicted octanol–water partition coefficient (Wildman–Crippen LogP) is 5.12. The molecule has 3 nitrogen and oxygen atoms in total. The molecule has 2 aromatic carbocycles. The molecule has 0 amide bonds. The molecule has 2 aromatic rings. The molecule has 0 aromatic heterocycles. The number of alkyl halides is 3. The van der Waals surface area contributed by atoms with Gasteiger partial charge in [-0.05, 0) is 37.1 Å². The smallest absolute Gasteiger partial charge is 0.419 e. The fourth-order valence-electron chi connectivity index (χ4n) is 2.41. The molecular formula is C18H16F3NO2. The van der Waals surface area contributed by atoms with Gasteiger partial charge in [0, 0.05) is 5.56 Å². The maximum Gasteiger partial charge on any atom is 0.419 e. The highest BCUT2D eigenvalue weighted by atomic mass is 19.4. The van der Waals surface area contributed by atoms with Crippen LogP contribution in [0.5, 0.6) is 5.75 Å². The first-order valence-corrected chi connectivity index (χ1v) is 7.36. The topological polar surface area (TPSA) is 38.7 Å². The van der Waals surface area contributed by atoms with Gasteiger partial charge in [0.2, 0.25) is 6.08 Å². The zero-order valence-electron chi connectivity index (χ0n) is 13.3. The van der Waals surface area contributed by atoms with Crippen LogP contribution in [-0.4, -0.2) is 6.08 Å². The fourth-order valence-corrected chi connectivity index (χ4v) is 2.41. The van der Waals surface area contributed by atoms with Gasteiger partial charge >= 0.3 is 6.18 Å². The maximum absolute atomic E-state index is 13.1. The van der Waals surface area contributed by atoms with Gasteiger partial charge in [-0.2, -0.15) is 18.2 Å². The fraction of sp³-hybridized carbons (Fsp3) is 0.278. The average molecular weight is 335 g/mol. The van der Waals surface area contributed by atoms with Crippen LogP contribution in [0.15, 0.2) is 41.4 Å². The van der Waals surface area contributed by atoms with Crippen molar-refractivity contribution in [2.75, 3.05) is 0 Å². The lowest BCUT2D eigenvalue weighted by Crippen LogP contribution is -2.10. The Hall–Kier alpha value is -2.59. The van der Waals surface area contributed by atoms with E-state index in [1.807, 2.05) is 13.0 Å². The summed E-state index contributed by atoms with van der Waals surface area (Å²) in [6.45, 7) is 3.37. The van der Waals surface area contributed by atoms with Gasteiger partial charge in [-0.1, -0.05) is 30.7 Å². The van der Waals surface area contributed by atoms with Crippen LogP contribution in [0.3, 0.4) is 0 Å². The van der Waals surface area contributed by atoms with E-state index in [-0.39, 0.29) is 12.4 Å². The van der Waals surface area contributed by atoms with Crippen molar-refractivity contribution >= 4 is 11.8 Å². The minimum absolute atomic E-state index is 0.114. The molecule has 6 heteroatoms. The molecule has 0 saturated carbocycles. The number of halogens is 3. The Morgan fingerprint density at radius 2 is 1.96 bits per heavy atom. The number of hydrogen-bond acceptors (Lipinski definition) is 3. The first-order chi connectivity index (χ1) is 11.4. The van der Waals surface area contributed by atoms with E-state index in [9.17, 15) is 18.0 Å². The molecule has 0 aliphatic carbocycles. The van der Waals surface area contributed by atoms with Crippen LogP contribution < -0.4 is 4.74 Å². The van der Waals surface area contributed by atoms with Crippen molar-refractivity contribution < 1.29 is 22.7 Å². The first-order valence-electron chi connectivity index (χ1n) is 7.36. The number of benzene rings is 2. The molecule has 0 unspecified atom stereocenters. The van der Waals surface area contributed by atoms with Gasteiger partial charge in [-0.25, -0.2) is 4.79 Å². The molecular weight excluding hydrogens is 319 g/mol. The van der Waals surface area contributed by atoms with Gasteiger partial charge in [-0.3, -0.25) is 0 Å². The Bertz CT molecular complexity index is 778. The van der Waals surface area contributed by atoms with Crippen molar-refractivity contribution in [2.24, 2.45) is 4.99 Å². The van der Waals surface area contributed by atoms with Gasteiger partial charge in [0.05, 0.1) is 11.3 Å². The highest BCUT2D eigenvalue weighted by Crippen LogP contribution is 2.37. The number of hydrogen-bond donors (Lipinski definition) is 0. The SMILES string of the molecule is CCc1cccc(N=C=O)c1COc1ccc(C)cc1C(F)(F)F. The van der Waals surface area contributed by atoms with Crippen molar-refractivity contribution in [1.82, 2.24) is 0 Å². The minimum atomic E-state index is -4.50. The van der Waals surface area contributed by atoms with Gasteiger partial charge in [-0.15, -0.1) is 0 Å². The van der Waals surface area contributed by atoms with Gasteiger partial charge in [0.15, 0.2) is 0 Å². The normalized spacial score (nSPS) is 11.0. The summed E-state index contributed by atoms with van der Waals surface area (Å²) in [5, 5.41) is 0. The molecule has 2 rings (SSSR count). The van der Waals surface area contributed by atoms with Crippen LogP contribution in [0.4, 0.5) is 18.9 Å². The number of carbonyl (C=O) groups excluding carboxylic acids is 1. The summed E-state index contributed by atoms with van der Waals surface area (Å²) < 4.78 is 44.9. The summed E-state index contributed by atoms with van der Waals surface area (Å²) in [7, 11) is 0. The van der Waals surface area contributed by atoms with Gasteiger partial charge < -0.3 is 4.74 Å². The molecule has 0 aliphatic heterocycles. The Balaban J connectivity index is 2.37. The van der Waals surface area contributed by atoms with Crippen molar-refractivity contribution in [3.8, 4) is 5.75 Å². The molecule has 0 aliphatic rings. The van der Waals surface area contributed by atoms with Gasteiger partial charge in [0.1, 0.15) is 12.4 Å². The van der Waals surface area contributed by atoms with Gasteiger partial charge in [0.25, 0.3) is 0 Å². The summed E-state index contributed by atoms with van der Waals surface area (Å²) in [5.74, 6) is -0.250. The number of ether oxygens (including phenoxy) is 1. The Morgan fingerprint density at radius 3 is 2.58 bits per heavy atom. The zero-order chi connectivity index (χ0) is 17.7. The van der Waals surface area contributed by atoms with E-state index in [1.54, 1.807) is 25.1 Å². The molecule has 0 heterocycles. The van der Waals surface area contributed by atoms with E-state index in [1.165, 1.54) is 12.1 Å². The number of rotatable bonds is 5. The highest BCUT2D eigenvalue weighted by Gasteiger charge is 2.34. The molecule has 0 atom stereocenters. The Labute approximate surface area is 137 Å². The third kappa shape index (κ3) is 4.03. The summed E-state index contributed by atoms with van der Waals surface area (Å²) >= 11 is 0. The molecule has 126 valence electrons. The summed E-state index contributed by atoms with van der Waals surface area (Å²) in [6.07, 6.45) is -2.41. The Morgan fingerprint density at radius 1 is 1.21 bits per heavy atom. The quantitative estimate of drug-likeness (QED) is 0.562. The number of nitrogens with zero attached hydrogens (tertiary/aromatic N) is 1. The standard InChI is InChI=1S/C18H16F3NO2/c1-3-13-5-4-6-16(22-11-23)14(13)10-24-17-8-7-12(2)9-15(17)18(19,20)21/h4-9H,3,10H2,1-2H3. The van der Waals surface area contributed by atoms with E-state index >= 15 is 0 Å². The molecule has 0 radical (unpaired) electrons. The van der Waals surface area contributed by atoms with Crippen LogP contribution in [-0.2, 0) is 24.0 Å². The average Bonchev–Trinajstić information content (AvgIpc) is 2.53. The molecule has 0 bridgehead atoms. The number of aliphatic imine (C=N–C) groups is 1. The van der Waals surface area contributed by atoms with Crippen LogP contribution in [0.2, 0.25) is 0 Å². The molecule has 0 saturated heterocycles. The van der Waals surface area contributed by atoms with Crippen LogP contribution >= 0.6 is 0 Å². The van der Waals surface area contributed by atoms with E-state index in [4.69, 9.17) is 4.74 Å². The summed E-state index contributed by atoms with van der Waals surface area (Å²) in [5.41, 5.74) is 1.46. The summed E-state index contributed by atoms with van der Waals surface area (Å²) in [4.78, 5) is 14.1. The molecule has 0 fully saturated rings. The Kier molecular flexibility index (Phi) is 5.42. The van der Waals surface area contributed by atoms with E-state index in [2.05, 4.69) is 4.99 Å².